The SMILES string of the molecule is O=C(OS(=O)(=O)c1ccccn1)N1CCC(Nc2cccc(Br)c2)(c2ccc(F)cc2)C(Cl)C1. The number of hydrogen-bond donors (Lipinski definition) is 1. The maximum atomic E-state index is 13.6. The van der Waals surface area contributed by atoms with Gasteiger partial charge in [0.1, 0.15) is 5.82 Å². The van der Waals surface area contributed by atoms with Crippen molar-refractivity contribution < 1.29 is 21.8 Å². The fourth-order valence-electron chi connectivity index (χ4n) is 3.87. The van der Waals surface area contributed by atoms with E-state index in [0.717, 1.165) is 15.7 Å². The lowest BCUT2D eigenvalue weighted by Gasteiger charge is -2.46. The van der Waals surface area contributed by atoms with Crippen LogP contribution in [0.2, 0.25) is 0 Å². The first-order valence-corrected chi connectivity index (χ1v) is 12.9. The van der Waals surface area contributed by atoms with Gasteiger partial charge in [0.05, 0.1) is 10.9 Å². The summed E-state index contributed by atoms with van der Waals surface area (Å²) in [4.78, 5) is 17.7. The predicted octanol–water partition coefficient (Wildman–Crippen LogP) is 5.13. The van der Waals surface area contributed by atoms with Gasteiger partial charge in [0.15, 0.2) is 5.03 Å². The van der Waals surface area contributed by atoms with Crippen molar-refractivity contribution in [3.63, 3.8) is 0 Å². The Labute approximate surface area is 210 Å². The van der Waals surface area contributed by atoms with Crippen LogP contribution in [0, 0.1) is 5.82 Å². The van der Waals surface area contributed by atoms with Crippen LogP contribution in [0.1, 0.15) is 12.0 Å². The average Bonchev–Trinajstić information content (AvgIpc) is 2.81. The normalized spacial score (nSPS) is 20.6. The fourth-order valence-corrected chi connectivity index (χ4v) is 5.54. The highest BCUT2D eigenvalue weighted by Crippen LogP contribution is 2.40. The third kappa shape index (κ3) is 5.18. The third-order valence-electron chi connectivity index (χ3n) is 5.58. The molecule has 2 atom stereocenters. The van der Waals surface area contributed by atoms with E-state index in [9.17, 15) is 17.6 Å². The van der Waals surface area contributed by atoms with E-state index < -0.39 is 27.1 Å². The van der Waals surface area contributed by atoms with E-state index in [4.69, 9.17) is 15.8 Å². The molecule has 7 nitrogen and oxygen atoms in total. The summed E-state index contributed by atoms with van der Waals surface area (Å²) in [5.41, 5.74) is 0.660. The minimum atomic E-state index is -4.37. The molecular formula is C23H20BrClFN3O4S. The van der Waals surface area contributed by atoms with Gasteiger partial charge in [-0.25, -0.2) is 14.2 Å². The highest BCUT2D eigenvalue weighted by Gasteiger charge is 2.45. The lowest BCUT2D eigenvalue weighted by molar-refractivity contribution is 0.131. The van der Waals surface area contributed by atoms with Gasteiger partial charge < -0.3 is 14.4 Å². The number of pyridine rings is 1. The van der Waals surface area contributed by atoms with Crippen molar-refractivity contribution in [2.24, 2.45) is 0 Å². The summed E-state index contributed by atoms with van der Waals surface area (Å²) in [6, 6.07) is 17.8. The molecule has 178 valence electrons. The second-order valence-corrected chi connectivity index (χ2v) is 10.7. The number of piperidine rings is 1. The van der Waals surface area contributed by atoms with E-state index in [2.05, 4.69) is 26.2 Å². The monoisotopic (exact) mass is 567 g/mol. The minimum Gasteiger partial charge on any atom is -0.374 e. The van der Waals surface area contributed by atoms with Crippen molar-refractivity contribution >= 4 is 49.4 Å². The summed E-state index contributed by atoms with van der Waals surface area (Å²) in [5, 5.41) is 2.40. The number of likely N-dealkylation sites (tertiary alicyclic amines) is 1. The zero-order valence-electron chi connectivity index (χ0n) is 17.7. The molecule has 2 aromatic carbocycles. The molecule has 0 aliphatic carbocycles. The van der Waals surface area contributed by atoms with Gasteiger partial charge in [-0.05, 0) is 54.4 Å². The molecule has 1 aromatic heterocycles. The van der Waals surface area contributed by atoms with Gasteiger partial charge in [0.25, 0.3) is 0 Å². The van der Waals surface area contributed by atoms with Gasteiger partial charge in [-0.1, -0.05) is 40.2 Å². The smallest absolute Gasteiger partial charge is 0.374 e. The van der Waals surface area contributed by atoms with E-state index in [0.29, 0.717) is 6.42 Å². The molecule has 34 heavy (non-hydrogen) atoms. The number of rotatable bonds is 5. The Kier molecular flexibility index (Phi) is 7.11. The lowest BCUT2D eigenvalue weighted by atomic mass is 9.80. The molecule has 0 spiro atoms. The van der Waals surface area contributed by atoms with E-state index in [1.165, 1.54) is 35.4 Å². The minimum absolute atomic E-state index is 0.00347. The molecule has 11 heteroatoms. The summed E-state index contributed by atoms with van der Waals surface area (Å²) in [6.07, 6.45) is 0.575. The number of nitrogens with one attached hydrogen (secondary N) is 1. The molecule has 4 rings (SSSR count). The average molecular weight is 569 g/mol. The first-order valence-electron chi connectivity index (χ1n) is 10.3. The molecule has 1 saturated heterocycles. The zero-order valence-corrected chi connectivity index (χ0v) is 20.9. The number of aromatic nitrogens is 1. The first-order chi connectivity index (χ1) is 16.2. The topological polar surface area (TPSA) is 88.6 Å². The molecular weight excluding hydrogens is 549 g/mol. The van der Waals surface area contributed by atoms with E-state index in [-0.39, 0.29) is 23.9 Å². The molecule has 3 aromatic rings. The first kappa shape index (κ1) is 24.4. The van der Waals surface area contributed by atoms with Crippen molar-refractivity contribution in [1.82, 2.24) is 9.88 Å². The van der Waals surface area contributed by atoms with Crippen LogP contribution in [0.15, 0.2) is 82.4 Å². The van der Waals surface area contributed by atoms with Crippen molar-refractivity contribution in [1.29, 1.82) is 0 Å². The second-order valence-electron chi connectivity index (χ2n) is 7.75. The number of amides is 1. The van der Waals surface area contributed by atoms with Crippen LogP contribution in [0.25, 0.3) is 0 Å². The molecule has 0 bridgehead atoms. The highest BCUT2D eigenvalue weighted by molar-refractivity contribution is 9.10. The molecule has 0 saturated carbocycles. The van der Waals surface area contributed by atoms with Crippen LogP contribution in [0.5, 0.6) is 0 Å². The van der Waals surface area contributed by atoms with Crippen molar-refractivity contribution in [3.8, 4) is 0 Å². The van der Waals surface area contributed by atoms with Crippen LogP contribution in [0.4, 0.5) is 14.9 Å². The number of nitrogens with zero attached hydrogens (tertiary/aromatic N) is 2. The summed E-state index contributed by atoms with van der Waals surface area (Å²) in [5.74, 6) is -0.381. The van der Waals surface area contributed by atoms with Gasteiger partial charge in [-0.2, -0.15) is 8.42 Å². The molecule has 1 N–H and O–H groups in total. The Morgan fingerprint density at radius 2 is 1.94 bits per heavy atom. The number of alkyl halides is 1. The molecule has 1 amide bonds. The lowest BCUT2D eigenvalue weighted by Crippen LogP contribution is -2.56. The van der Waals surface area contributed by atoms with Gasteiger partial charge in [0.2, 0.25) is 0 Å². The van der Waals surface area contributed by atoms with E-state index in [1.807, 2.05) is 24.3 Å². The van der Waals surface area contributed by atoms with E-state index in [1.54, 1.807) is 18.2 Å². The number of benzene rings is 2. The maximum absolute atomic E-state index is 13.6. The quantitative estimate of drug-likeness (QED) is 0.339. The number of anilines is 1. The Morgan fingerprint density at radius 3 is 2.59 bits per heavy atom. The Hall–Kier alpha value is -2.69. The molecule has 2 heterocycles. The summed E-state index contributed by atoms with van der Waals surface area (Å²) in [7, 11) is -4.37. The van der Waals surface area contributed by atoms with Crippen molar-refractivity contribution in [2.45, 2.75) is 22.4 Å². The van der Waals surface area contributed by atoms with Crippen molar-refractivity contribution in [2.75, 3.05) is 18.4 Å². The number of halogens is 3. The van der Waals surface area contributed by atoms with Crippen LogP contribution in [-0.4, -0.2) is 42.9 Å². The Morgan fingerprint density at radius 1 is 1.18 bits per heavy atom. The van der Waals surface area contributed by atoms with Crippen LogP contribution < -0.4 is 5.32 Å². The summed E-state index contributed by atoms with van der Waals surface area (Å²) >= 11 is 10.3. The van der Waals surface area contributed by atoms with Crippen LogP contribution in [-0.2, 0) is 19.8 Å². The third-order valence-corrected chi connectivity index (χ3v) is 7.70. The standard InChI is InChI=1S/C23H20BrClFN3O4S/c24-17-4-3-5-19(14-17)28-23(16-7-9-18(26)10-8-16)11-13-29(15-20(23)25)22(30)33-34(31,32)21-6-1-2-12-27-21/h1-10,12,14,20,28H,11,13,15H2. The molecule has 2 unspecified atom stereocenters. The molecule has 1 aliphatic heterocycles. The van der Waals surface area contributed by atoms with E-state index >= 15 is 0 Å². The van der Waals surface area contributed by atoms with Crippen molar-refractivity contribution in [3.05, 3.63) is 88.8 Å². The Bertz CT molecular complexity index is 1280. The summed E-state index contributed by atoms with van der Waals surface area (Å²) in [6.45, 7) is 0.147. The zero-order chi connectivity index (χ0) is 24.3. The van der Waals surface area contributed by atoms with Gasteiger partial charge in [0, 0.05) is 29.4 Å². The van der Waals surface area contributed by atoms with Crippen LogP contribution >= 0.6 is 27.5 Å². The van der Waals surface area contributed by atoms with Crippen LogP contribution in [0.3, 0.4) is 0 Å². The number of carbonyl (C=O) groups excluding carboxylic acids is 1. The second kappa shape index (κ2) is 9.89. The maximum Gasteiger partial charge on any atom is 0.425 e. The fraction of sp³-hybridized carbons (Fsp3) is 0.217. The van der Waals surface area contributed by atoms with Gasteiger partial charge in [-0.15, -0.1) is 11.6 Å². The Balaban J connectivity index is 1.58. The molecule has 0 radical (unpaired) electrons. The van der Waals surface area contributed by atoms with Gasteiger partial charge in [-0.3, -0.25) is 0 Å². The number of hydrogen-bond acceptors (Lipinski definition) is 6. The highest BCUT2D eigenvalue weighted by atomic mass is 79.9. The largest absolute Gasteiger partial charge is 0.425 e. The summed E-state index contributed by atoms with van der Waals surface area (Å²) < 4.78 is 44.1. The number of carbonyl (C=O) groups is 1. The molecule has 1 aliphatic rings. The van der Waals surface area contributed by atoms with Gasteiger partial charge >= 0.3 is 16.2 Å². The predicted molar refractivity (Wildman–Crippen MR) is 130 cm³/mol. The molecule has 1 fully saturated rings.